The number of rotatable bonds is 4. The van der Waals surface area contributed by atoms with Gasteiger partial charge in [0.05, 0.1) is 5.69 Å². The number of hydrogen-bond donors (Lipinski definition) is 2. The van der Waals surface area contributed by atoms with E-state index in [0.29, 0.717) is 6.07 Å². The fourth-order valence-corrected chi connectivity index (χ4v) is 1.86. The van der Waals surface area contributed by atoms with E-state index < -0.39 is 38.6 Å². The van der Waals surface area contributed by atoms with Gasteiger partial charge in [-0.05, 0) is 19.1 Å². The molecule has 0 heterocycles. The fraction of sp³-hybridized carbons (Fsp3) is 0.222. The number of anilines is 1. The minimum absolute atomic E-state index is 0.626. The van der Waals surface area contributed by atoms with Crippen LogP contribution in [0, 0.1) is 11.6 Å². The Bertz CT molecular complexity index is 544. The van der Waals surface area contributed by atoms with E-state index in [4.69, 9.17) is 5.11 Å². The average Bonchev–Trinajstić information content (AvgIpc) is 2.21. The van der Waals surface area contributed by atoms with E-state index in [1.54, 1.807) is 4.72 Å². The maximum atomic E-state index is 13.1. The Balaban J connectivity index is 3.06. The zero-order valence-electron chi connectivity index (χ0n) is 8.65. The van der Waals surface area contributed by atoms with Gasteiger partial charge in [-0.2, -0.15) is 0 Å². The average molecular weight is 265 g/mol. The molecule has 0 radical (unpaired) electrons. The van der Waals surface area contributed by atoms with Gasteiger partial charge in [-0.25, -0.2) is 17.2 Å². The van der Waals surface area contributed by atoms with Crippen LogP contribution in [0.25, 0.3) is 0 Å². The highest BCUT2D eigenvalue weighted by atomic mass is 32.2. The standard InChI is InChI=1S/C9H9F2NO4S/c1-5(9(13)14)17(15,16)12-8-4-6(10)2-3-7(8)11/h2-5,12H,1H3,(H,13,14). The second-order valence-electron chi connectivity index (χ2n) is 3.25. The van der Waals surface area contributed by atoms with Crippen LogP contribution in [0.15, 0.2) is 18.2 Å². The number of halogens is 2. The van der Waals surface area contributed by atoms with Gasteiger partial charge in [0, 0.05) is 6.07 Å². The van der Waals surface area contributed by atoms with E-state index >= 15 is 0 Å². The van der Waals surface area contributed by atoms with Crippen molar-refractivity contribution in [2.45, 2.75) is 12.2 Å². The number of aliphatic carboxylic acids is 1. The summed E-state index contributed by atoms with van der Waals surface area (Å²) in [6, 6.07) is 2.17. The van der Waals surface area contributed by atoms with Gasteiger partial charge in [0.15, 0.2) is 5.25 Å². The van der Waals surface area contributed by atoms with Crippen molar-refractivity contribution >= 4 is 21.7 Å². The van der Waals surface area contributed by atoms with Crippen LogP contribution in [0.3, 0.4) is 0 Å². The Hall–Kier alpha value is -1.70. The Morgan fingerprint density at radius 2 is 2.00 bits per heavy atom. The third kappa shape index (κ3) is 3.13. The molecule has 0 spiro atoms. The van der Waals surface area contributed by atoms with Crippen LogP contribution in [0.1, 0.15) is 6.92 Å². The molecular formula is C9H9F2NO4S. The molecule has 0 aromatic heterocycles. The summed E-state index contributed by atoms with van der Waals surface area (Å²) in [5.41, 5.74) is -0.627. The van der Waals surface area contributed by atoms with E-state index in [9.17, 15) is 22.0 Å². The van der Waals surface area contributed by atoms with Gasteiger partial charge in [-0.1, -0.05) is 0 Å². The van der Waals surface area contributed by atoms with Crippen molar-refractivity contribution in [1.82, 2.24) is 0 Å². The topological polar surface area (TPSA) is 83.5 Å². The maximum Gasteiger partial charge on any atom is 0.323 e. The highest BCUT2D eigenvalue weighted by Crippen LogP contribution is 2.18. The molecule has 0 amide bonds. The van der Waals surface area contributed by atoms with Crippen LogP contribution >= 0.6 is 0 Å². The molecule has 1 unspecified atom stereocenters. The first kappa shape index (κ1) is 13.4. The normalized spacial score (nSPS) is 13.1. The molecule has 0 aliphatic carbocycles. The number of hydrogen-bond acceptors (Lipinski definition) is 3. The van der Waals surface area contributed by atoms with E-state index in [1.807, 2.05) is 0 Å². The van der Waals surface area contributed by atoms with Gasteiger partial charge < -0.3 is 5.11 Å². The van der Waals surface area contributed by atoms with Crippen molar-refractivity contribution in [3.05, 3.63) is 29.8 Å². The van der Waals surface area contributed by atoms with Gasteiger partial charge >= 0.3 is 5.97 Å². The second kappa shape index (κ2) is 4.66. The summed E-state index contributed by atoms with van der Waals surface area (Å²) in [6.07, 6.45) is 0. The maximum absolute atomic E-state index is 13.1. The molecule has 0 aliphatic heterocycles. The third-order valence-electron chi connectivity index (χ3n) is 1.99. The van der Waals surface area contributed by atoms with Gasteiger partial charge in [0.25, 0.3) is 0 Å². The van der Waals surface area contributed by atoms with Gasteiger partial charge in [-0.15, -0.1) is 0 Å². The SMILES string of the molecule is CC(C(=O)O)S(=O)(=O)Nc1cc(F)ccc1F. The van der Waals surface area contributed by atoms with Crippen LogP contribution in [0.4, 0.5) is 14.5 Å². The van der Waals surface area contributed by atoms with Crippen molar-refractivity contribution in [2.75, 3.05) is 4.72 Å². The number of carboxylic acids is 1. The first-order valence-corrected chi connectivity index (χ1v) is 5.98. The number of carbonyl (C=O) groups is 1. The highest BCUT2D eigenvalue weighted by molar-refractivity contribution is 7.94. The molecule has 0 saturated heterocycles. The predicted molar refractivity (Wildman–Crippen MR) is 56.0 cm³/mol. The lowest BCUT2D eigenvalue weighted by Gasteiger charge is -2.11. The first-order chi connectivity index (χ1) is 7.74. The summed E-state index contributed by atoms with van der Waals surface area (Å²) in [5.74, 6) is -3.42. The summed E-state index contributed by atoms with van der Waals surface area (Å²) in [4.78, 5) is 10.5. The second-order valence-corrected chi connectivity index (χ2v) is 5.25. The van der Waals surface area contributed by atoms with E-state index in [-0.39, 0.29) is 0 Å². The molecule has 5 nitrogen and oxygen atoms in total. The number of nitrogens with one attached hydrogen (secondary N) is 1. The molecule has 2 N–H and O–H groups in total. The van der Waals surface area contributed by atoms with Crippen LogP contribution in [-0.4, -0.2) is 24.7 Å². The quantitative estimate of drug-likeness (QED) is 0.856. The smallest absolute Gasteiger partial charge is 0.323 e. The molecule has 0 fully saturated rings. The van der Waals surface area contributed by atoms with Gasteiger partial charge in [-0.3, -0.25) is 9.52 Å². The molecule has 1 rings (SSSR count). The largest absolute Gasteiger partial charge is 0.480 e. The molecule has 8 heteroatoms. The van der Waals surface area contributed by atoms with Crippen LogP contribution in [-0.2, 0) is 14.8 Å². The van der Waals surface area contributed by atoms with Crippen molar-refractivity contribution in [2.24, 2.45) is 0 Å². The lowest BCUT2D eigenvalue weighted by Crippen LogP contribution is -2.32. The van der Waals surface area contributed by atoms with E-state index in [1.165, 1.54) is 0 Å². The summed E-state index contributed by atoms with van der Waals surface area (Å²) in [7, 11) is -4.31. The van der Waals surface area contributed by atoms with Gasteiger partial charge in [0.2, 0.25) is 10.0 Å². The van der Waals surface area contributed by atoms with Crippen molar-refractivity contribution in [1.29, 1.82) is 0 Å². The van der Waals surface area contributed by atoms with E-state index in [2.05, 4.69) is 0 Å². The number of carboxylic acid groups (broad SMARTS) is 1. The van der Waals surface area contributed by atoms with Crippen LogP contribution in [0.5, 0.6) is 0 Å². The number of sulfonamides is 1. The molecule has 0 aliphatic rings. The van der Waals surface area contributed by atoms with Crippen molar-refractivity contribution in [3.63, 3.8) is 0 Å². The summed E-state index contributed by atoms with van der Waals surface area (Å²) >= 11 is 0. The molecule has 1 atom stereocenters. The molecular weight excluding hydrogens is 256 g/mol. The lowest BCUT2D eigenvalue weighted by molar-refractivity contribution is -0.136. The van der Waals surface area contributed by atoms with Crippen molar-refractivity contribution < 1.29 is 27.1 Å². The molecule has 0 saturated carbocycles. The summed E-state index contributed by atoms with van der Waals surface area (Å²) in [6.45, 7) is 0.919. The minimum atomic E-state index is -4.31. The van der Waals surface area contributed by atoms with E-state index in [0.717, 1.165) is 19.1 Å². The third-order valence-corrected chi connectivity index (χ3v) is 3.63. The Kier molecular flexibility index (Phi) is 3.66. The zero-order valence-corrected chi connectivity index (χ0v) is 9.46. The Morgan fingerprint density at radius 1 is 1.41 bits per heavy atom. The molecule has 1 aromatic carbocycles. The molecule has 94 valence electrons. The minimum Gasteiger partial charge on any atom is -0.480 e. The Labute approximate surface area is 96.1 Å². The Morgan fingerprint density at radius 3 is 2.53 bits per heavy atom. The molecule has 17 heavy (non-hydrogen) atoms. The molecule has 1 aromatic rings. The lowest BCUT2D eigenvalue weighted by atomic mass is 10.3. The molecule has 0 bridgehead atoms. The predicted octanol–water partition coefficient (Wildman–Crippen LogP) is 1.18. The number of benzene rings is 1. The summed E-state index contributed by atoms with van der Waals surface area (Å²) in [5, 5.41) is 6.76. The summed E-state index contributed by atoms with van der Waals surface area (Å²) < 4.78 is 50.4. The monoisotopic (exact) mass is 265 g/mol. The first-order valence-electron chi connectivity index (χ1n) is 4.43. The van der Waals surface area contributed by atoms with Crippen molar-refractivity contribution in [3.8, 4) is 0 Å². The van der Waals surface area contributed by atoms with Crippen LogP contribution in [0.2, 0.25) is 0 Å². The van der Waals surface area contributed by atoms with Crippen LogP contribution < -0.4 is 4.72 Å². The zero-order chi connectivity index (χ0) is 13.2. The highest BCUT2D eigenvalue weighted by Gasteiger charge is 2.28. The fourth-order valence-electron chi connectivity index (χ4n) is 0.950. The van der Waals surface area contributed by atoms with Gasteiger partial charge in [0.1, 0.15) is 11.6 Å².